The molecule has 0 heterocycles. The summed E-state index contributed by atoms with van der Waals surface area (Å²) in [5.41, 5.74) is 1.90. The van der Waals surface area contributed by atoms with Gasteiger partial charge in [-0.2, -0.15) is 0 Å². The van der Waals surface area contributed by atoms with Crippen LogP contribution in [0.2, 0.25) is 0 Å². The van der Waals surface area contributed by atoms with Gasteiger partial charge < -0.3 is 10.1 Å². The number of rotatable bonds is 3. The molecular formula is C14H19NO2. The maximum absolute atomic E-state index is 12.0. The second-order valence-electron chi connectivity index (χ2n) is 4.67. The summed E-state index contributed by atoms with van der Waals surface area (Å²) >= 11 is 0. The van der Waals surface area contributed by atoms with Gasteiger partial charge in [0.15, 0.2) is 0 Å². The molecule has 0 radical (unpaired) electrons. The van der Waals surface area contributed by atoms with Crippen molar-refractivity contribution in [3.05, 3.63) is 23.8 Å². The number of nitrogens with one attached hydrogen (secondary N) is 1. The molecule has 1 aromatic rings. The number of carbonyl (C=O) groups is 1. The van der Waals surface area contributed by atoms with E-state index in [1.54, 1.807) is 7.11 Å². The first-order valence-corrected chi connectivity index (χ1v) is 6.16. The molecule has 92 valence electrons. The zero-order valence-electron chi connectivity index (χ0n) is 10.5. The lowest BCUT2D eigenvalue weighted by Crippen LogP contribution is -2.20. The Morgan fingerprint density at radius 3 is 2.71 bits per heavy atom. The van der Waals surface area contributed by atoms with Gasteiger partial charge in [-0.05, 0) is 37.5 Å². The first kappa shape index (κ1) is 12.0. The van der Waals surface area contributed by atoms with Crippen LogP contribution in [0.25, 0.3) is 0 Å². The molecule has 1 saturated carbocycles. The summed E-state index contributed by atoms with van der Waals surface area (Å²) in [7, 11) is 1.62. The molecule has 0 atom stereocenters. The van der Waals surface area contributed by atoms with Gasteiger partial charge in [0, 0.05) is 5.92 Å². The zero-order valence-corrected chi connectivity index (χ0v) is 10.5. The fourth-order valence-electron chi connectivity index (χ4n) is 2.34. The fraction of sp³-hybridized carbons (Fsp3) is 0.500. The van der Waals surface area contributed by atoms with Crippen molar-refractivity contribution >= 4 is 11.6 Å². The van der Waals surface area contributed by atoms with Crippen LogP contribution < -0.4 is 10.1 Å². The molecule has 1 aliphatic rings. The highest BCUT2D eigenvalue weighted by Crippen LogP contribution is 2.29. The minimum absolute atomic E-state index is 0.131. The SMILES string of the molecule is COc1ccc(C)cc1NC(=O)C1CCCC1. The highest BCUT2D eigenvalue weighted by molar-refractivity contribution is 5.94. The minimum Gasteiger partial charge on any atom is -0.495 e. The smallest absolute Gasteiger partial charge is 0.227 e. The van der Waals surface area contributed by atoms with E-state index in [-0.39, 0.29) is 11.8 Å². The predicted octanol–water partition coefficient (Wildman–Crippen LogP) is 3.13. The average Bonchev–Trinajstić information content (AvgIpc) is 2.83. The Balaban J connectivity index is 2.11. The van der Waals surface area contributed by atoms with Crippen LogP contribution in [0.15, 0.2) is 18.2 Å². The topological polar surface area (TPSA) is 38.3 Å². The average molecular weight is 233 g/mol. The Labute approximate surface area is 102 Å². The zero-order chi connectivity index (χ0) is 12.3. The summed E-state index contributed by atoms with van der Waals surface area (Å²) < 4.78 is 5.25. The van der Waals surface area contributed by atoms with Gasteiger partial charge in [-0.3, -0.25) is 4.79 Å². The Morgan fingerprint density at radius 2 is 2.06 bits per heavy atom. The van der Waals surface area contributed by atoms with Crippen LogP contribution in [0.1, 0.15) is 31.2 Å². The lowest BCUT2D eigenvalue weighted by Gasteiger charge is -2.13. The molecule has 2 rings (SSSR count). The van der Waals surface area contributed by atoms with Crippen molar-refractivity contribution in [3.8, 4) is 5.75 Å². The molecule has 0 aliphatic heterocycles. The Bertz CT molecular complexity index is 409. The van der Waals surface area contributed by atoms with Crippen molar-refractivity contribution in [1.29, 1.82) is 0 Å². The Hall–Kier alpha value is -1.51. The van der Waals surface area contributed by atoms with Gasteiger partial charge in [0.1, 0.15) is 5.75 Å². The molecular weight excluding hydrogens is 214 g/mol. The van der Waals surface area contributed by atoms with Crippen LogP contribution >= 0.6 is 0 Å². The van der Waals surface area contributed by atoms with E-state index in [1.807, 2.05) is 25.1 Å². The number of methoxy groups -OCH3 is 1. The number of ether oxygens (including phenoxy) is 1. The van der Waals surface area contributed by atoms with Gasteiger partial charge in [-0.15, -0.1) is 0 Å². The molecule has 1 aromatic carbocycles. The predicted molar refractivity (Wildman–Crippen MR) is 68.3 cm³/mol. The van der Waals surface area contributed by atoms with Gasteiger partial charge in [-0.25, -0.2) is 0 Å². The summed E-state index contributed by atoms with van der Waals surface area (Å²) in [4.78, 5) is 12.0. The monoisotopic (exact) mass is 233 g/mol. The van der Waals surface area contributed by atoms with E-state index in [1.165, 1.54) is 12.8 Å². The molecule has 0 aromatic heterocycles. The molecule has 3 nitrogen and oxygen atoms in total. The number of hydrogen-bond donors (Lipinski definition) is 1. The quantitative estimate of drug-likeness (QED) is 0.871. The molecule has 3 heteroatoms. The molecule has 0 bridgehead atoms. The van der Waals surface area contributed by atoms with E-state index in [4.69, 9.17) is 4.74 Å². The van der Waals surface area contributed by atoms with Crippen LogP contribution in [-0.2, 0) is 4.79 Å². The van der Waals surface area contributed by atoms with Gasteiger partial charge in [-0.1, -0.05) is 18.9 Å². The Morgan fingerprint density at radius 1 is 1.35 bits per heavy atom. The highest BCUT2D eigenvalue weighted by Gasteiger charge is 2.23. The minimum atomic E-state index is 0.131. The number of benzene rings is 1. The summed E-state index contributed by atoms with van der Waals surface area (Å²) in [5, 5.41) is 2.98. The second kappa shape index (κ2) is 5.21. The summed E-state index contributed by atoms with van der Waals surface area (Å²) in [5.74, 6) is 1.04. The summed E-state index contributed by atoms with van der Waals surface area (Å²) in [6, 6.07) is 5.81. The number of anilines is 1. The van der Waals surface area contributed by atoms with Crippen molar-refractivity contribution in [1.82, 2.24) is 0 Å². The third-order valence-corrected chi connectivity index (χ3v) is 3.34. The summed E-state index contributed by atoms with van der Waals surface area (Å²) in [6.07, 6.45) is 4.37. The molecule has 0 saturated heterocycles. The van der Waals surface area contributed by atoms with E-state index >= 15 is 0 Å². The van der Waals surface area contributed by atoms with Crippen molar-refractivity contribution in [2.75, 3.05) is 12.4 Å². The van der Waals surface area contributed by atoms with Gasteiger partial charge in [0.25, 0.3) is 0 Å². The number of hydrogen-bond acceptors (Lipinski definition) is 2. The van der Waals surface area contributed by atoms with Crippen LogP contribution in [0.3, 0.4) is 0 Å². The number of carbonyl (C=O) groups excluding carboxylic acids is 1. The number of amides is 1. The third-order valence-electron chi connectivity index (χ3n) is 3.34. The maximum atomic E-state index is 12.0. The third kappa shape index (κ3) is 2.78. The highest BCUT2D eigenvalue weighted by atomic mass is 16.5. The maximum Gasteiger partial charge on any atom is 0.227 e. The van der Waals surface area contributed by atoms with Crippen molar-refractivity contribution in [2.24, 2.45) is 5.92 Å². The molecule has 0 spiro atoms. The standard InChI is InChI=1S/C14H19NO2/c1-10-7-8-13(17-2)12(9-10)15-14(16)11-5-3-4-6-11/h7-9,11H,3-6H2,1-2H3,(H,15,16). The molecule has 1 amide bonds. The van der Waals surface area contributed by atoms with Crippen LogP contribution in [0.5, 0.6) is 5.75 Å². The molecule has 0 unspecified atom stereocenters. The van der Waals surface area contributed by atoms with Crippen molar-refractivity contribution in [2.45, 2.75) is 32.6 Å². The lowest BCUT2D eigenvalue weighted by molar-refractivity contribution is -0.119. The van der Waals surface area contributed by atoms with E-state index < -0.39 is 0 Å². The van der Waals surface area contributed by atoms with Gasteiger partial charge in [0.2, 0.25) is 5.91 Å². The fourth-order valence-corrected chi connectivity index (χ4v) is 2.34. The molecule has 1 N–H and O–H groups in total. The first-order chi connectivity index (χ1) is 8.20. The van der Waals surface area contributed by atoms with E-state index in [2.05, 4.69) is 5.32 Å². The van der Waals surface area contributed by atoms with E-state index in [9.17, 15) is 4.79 Å². The summed E-state index contributed by atoms with van der Waals surface area (Å²) in [6.45, 7) is 2.00. The normalized spacial score (nSPS) is 15.9. The second-order valence-corrected chi connectivity index (χ2v) is 4.67. The molecule has 1 aliphatic carbocycles. The van der Waals surface area contributed by atoms with E-state index in [0.717, 1.165) is 29.8 Å². The first-order valence-electron chi connectivity index (χ1n) is 6.16. The van der Waals surface area contributed by atoms with Crippen molar-refractivity contribution < 1.29 is 9.53 Å². The Kier molecular flexibility index (Phi) is 3.67. The van der Waals surface area contributed by atoms with Crippen LogP contribution in [0.4, 0.5) is 5.69 Å². The lowest BCUT2D eigenvalue weighted by atomic mass is 10.1. The van der Waals surface area contributed by atoms with Gasteiger partial charge >= 0.3 is 0 Å². The van der Waals surface area contributed by atoms with Gasteiger partial charge in [0.05, 0.1) is 12.8 Å². The molecule has 17 heavy (non-hydrogen) atoms. The van der Waals surface area contributed by atoms with E-state index in [0.29, 0.717) is 0 Å². The largest absolute Gasteiger partial charge is 0.495 e. The van der Waals surface area contributed by atoms with Crippen molar-refractivity contribution in [3.63, 3.8) is 0 Å². The molecule has 1 fully saturated rings. The number of aryl methyl sites for hydroxylation is 1. The van der Waals surface area contributed by atoms with Crippen LogP contribution in [0, 0.1) is 12.8 Å². The van der Waals surface area contributed by atoms with Crippen LogP contribution in [-0.4, -0.2) is 13.0 Å².